The molecule has 5 rings (SSSR count). The predicted molar refractivity (Wildman–Crippen MR) is 171 cm³/mol. The molecule has 0 saturated heterocycles. The summed E-state index contributed by atoms with van der Waals surface area (Å²) in [5.74, 6) is 0. The number of hydrogen-bond acceptors (Lipinski definition) is 0. The van der Waals surface area contributed by atoms with Gasteiger partial charge in [-0.05, 0) is 116 Å². The van der Waals surface area contributed by atoms with Crippen LogP contribution in [0.15, 0.2) is 72.8 Å². The van der Waals surface area contributed by atoms with E-state index in [-0.39, 0.29) is 0 Å². The highest BCUT2D eigenvalue weighted by Gasteiger charge is 2.07. The van der Waals surface area contributed by atoms with Crippen LogP contribution in [-0.2, 0) is 12.8 Å². The zero-order chi connectivity index (χ0) is 26.2. The van der Waals surface area contributed by atoms with Crippen molar-refractivity contribution in [3.63, 3.8) is 0 Å². The molecule has 0 aliphatic heterocycles. The van der Waals surface area contributed by atoms with E-state index in [1.807, 2.05) is 0 Å². The smallest absolute Gasteiger partial charge is 0.0146 e. The summed E-state index contributed by atoms with van der Waals surface area (Å²) in [5, 5.41) is 11.0. The van der Waals surface area contributed by atoms with Crippen molar-refractivity contribution in [3.8, 4) is 0 Å². The summed E-state index contributed by atoms with van der Waals surface area (Å²) in [6.07, 6.45) is 18.6. The van der Waals surface area contributed by atoms with Crippen LogP contribution in [0.2, 0.25) is 0 Å². The lowest BCUT2D eigenvalue weighted by Gasteiger charge is -2.11. The van der Waals surface area contributed by atoms with E-state index in [0.29, 0.717) is 0 Å². The molecule has 0 radical (unpaired) electrons. The number of fused-ring (bicyclic) bond motifs is 4. The van der Waals surface area contributed by atoms with E-state index in [1.165, 1.54) is 144 Å². The standard InChI is InChI=1S/C38H46/c1-3-5-7-9-11-13-16-29-20-21-31-23-34-27-37-28-38-30(17-14-12-10-8-6-4-2)18-15-19-32(38)24-35(37)26-36(34)25-33(31)22-29/h15,18-28H,3-14,16-17H2,1-2H3. The van der Waals surface area contributed by atoms with Crippen LogP contribution in [0.1, 0.15) is 102 Å². The van der Waals surface area contributed by atoms with Gasteiger partial charge in [0.2, 0.25) is 0 Å². The van der Waals surface area contributed by atoms with Gasteiger partial charge in [0.1, 0.15) is 0 Å². The highest BCUT2D eigenvalue weighted by atomic mass is 14.1. The van der Waals surface area contributed by atoms with Crippen molar-refractivity contribution in [2.24, 2.45) is 0 Å². The topological polar surface area (TPSA) is 0 Å². The van der Waals surface area contributed by atoms with E-state index >= 15 is 0 Å². The first-order chi connectivity index (χ1) is 18.7. The number of unbranched alkanes of at least 4 members (excludes halogenated alkanes) is 10. The summed E-state index contributed by atoms with van der Waals surface area (Å²) < 4.78 is 0. The van der Waals surface area contributed by atoms with Crippen LogP contribution in [0.3, 0.4) is 0 Å². The molecule has 0 aromatic heterocycles. The van der Waals surface area contributed by atoms with E-state index in [1.54, 1.807) is 0 Å². The van der Waals surface area contributed by atoms with Crippen molar-refractivity contribution in [2.45, 2.75) is 104 Å². The summed E-state index contributed by atoms with van der Waals surface area (Å²) in [6, 6.07) is 28.5. The van der Waals surface area contributed by atoms with Gasteiger partial charge in [0.05, 0.1) is 0 Å². The van der Waals surface area contributed by atoms with Crippen molar-refractivity contribution >= 4 is 43.1 Å². The van der Waals surface area contributed by atoms with Crippen molar-refractivity contribution in [3.05, 3.63) is 83.9 Å². The van der Waals surface area contributed by atoms with Gasteiger partial charge in [0.25, 0.3) is 0 Å². The molecule has 5 aromatic rings. The third-order valence-corrected chi connectivity index (χ3v) is 8.52. The molecule has 0 saturated carbocycles. The van der Waals surface area contributed by atoms with Crippen LogP contribution in [0.25, 0.3) is 43.1 Å². The van der Waals surface area contributed by atoms with Gasteiger partial charge in [-0.3, -0.25) is 0 Å². The first kappa shape index (κ1) is 26.7. The Labute approximate surface area is 230 Å². The van der Waals surface area contributed by atoms with Crippen molar-refractivity contribution in [2.75, 3.05) is 0 Å². The minimum atomic E-state index is 1.19. The van der Waals surface area contributed by atoms with Crippen LogP contribution in [-0.4, -0.2) is 0 Å². The second-order valence-electron chi connectivity index (χ2n) is 11.6. The second-order valence-corrected chi connectivity index (χ2v) is 11.6. The summed E-state index contributed by atoms with van der Waals surface area (Å²) in [7, 11) is 0. The number of rotatable bonds is 14. The third kappa shape index (κ3) is 6.58. The Morgan fingerprint density at radius 2 is 0.921 bits per heavy atom. The summed E-state index contributed by atoms with van der Waals surface area (Å²) in [5.41, 5.74) is 2.99. The molecule has 0 nitrogen and oxygen atoms in total. The first-order valence-corrected chi connectivity index (χ1v) is 15.6. The second kappa shape index (κ2) is 13.3. The Balaban J connectivity index is 1.36. The molecule has 0 amide bonds. The average Bonchev–Trinajstić information content (AvgIpc) is 2.93. The minimum absolute atomic E-state index is 1.19. The molecule has 0 heteroatoms. The van der Waals surface area contributed by atoms with Crippen LogP contribution >= 0.6 is 0 Å². The molecule has 0 unspecified atom stereocenters. The molecule has 0 atom stereocenters. The van der Waals surface area contributed by atoms with Crippen LogP contribution < -0.4 is 0 Å². The molecule has 198 valence electrons. The zero-order valence-electron chi connectivity index (χ0n) is 23.8. The molecular formula is C38H46. The third-order valence-electron chi connectivity index (χ3n) is 8.52. The van der Waals surface area contributed by atoms with Crippen LogP contribution in [0.5, 0.6) is 0 Å². The monoisotopic (exact) mass is 502 g/mol. The largest absolute Gasteiger partial charge is 0.0654 e. The van der Waals surface area contributed by atoms with E-state index in [9.17, 15) is 0 Å². The molecule has 0 fully saturated rings. The van der Waals surface area contributed by atoms with Gasteiger partial charge in [-0.2, -0.15) is 0 Å². The fourth-order valence-electron chi connectivity index (χ4n) is 6.22. The Morgan fingerprint density at radius 3 is 1.61 bits per heavy atom. The number of benzene rings is 5. The molecule has 0 N–H and O–H groups in total. The summed E-state index contributed by atoms with van der Waals surface area (Å²) >= 11 is 0. The fraction of sp³-hybridized carbons (Fsp3) is 0.421. The van der Waals surface area contributed by atoms with Crippen molar-refractivity contribution < 1.29 is 0 Å². The molecule has 0 spiro atoms. The van der Waals surface area contributed by atoms with E-state index in [2.05, 4.69) is 86.6 Å². The van der Waals surface area contributed by atoms with Crippen molar-refractivity contribution in [1.82, 2.24) is 0 Å². The zero-order valence-corrected chi connectivity index (χ0v) is 23.8. The highest BCUT2D eigenvalue weighted by Crippen LogP contribution is 2.32. The lowest BCUT2D eigenvalue weighted by atomic mass is 9.94. The summed E-state index contributed by atoms with van der Waals surface area (Å²) in [4.78, 5) is 0. The quantitative estimate of drug-likeness (QED) is 0.105. The normalized spacial score (nSPS) is 11.8. The Kier molecular flexibility index (Phi) is 9.34. The Bertz CT molecular complexity index is 1480. The molecule has 0 aliphatic carbocycles. The highest BCUT2D eigenvalue weighted by molar-refractivity contribution is 6.08. The number of hydrogen-bond donors (Lipinski definition) is 0. The number of aryl methyl sites for hydroxylation is 2. The van der Waals surface area contributed by atoms with Crippen LogP contribution in [0.4, 0.5) is 0 Å². The van der Waals surface area contributed by atoms with Gasteiger partial charge in [0, 0.05) is 0 Å². The van der Waals surface area contributed by atoms with E-state index in [0.717, 1.165) is 0 Å². The van der Waals surface area contributed by atoms with Gasteiger partial charge < -0.3 is 0 Å². The van der Waals surface area contributed by atoms with E-state index in [4.69, 9.17) is 0 Å². The van der Waals surface area contributed by atoms with Gasteiger partial charge in [-0.15, -0.1) is 0 Å². The maximum atomic E-state index is 2.45. The fourth-order valence-corrected chi connectivity index (χ4v) is 6.22. The van der Waals surface area contributed by atoms with Crippen molar-refractivity contribution in [1.29, 1.82) is 0 Å². The predicted octanol–water partition coefficient (Wildman–Crippen LogP) is 12.1. The average molecular weight is 503 g/mol. The molecule has 5 aromatic carbocycles. The molecule has 0 heterocycles. The van der Waals surface area contributed by atoms with Crippen LogP contribution in [0, 0.1) is 0 Å². The van der Waals surface area contributed by atoms with Gasteiger partial charge in [-0.1, -0.05) is 114 Å². The molecule has 0 aliphatic rings. The minimum Gasteiger partial charge on any atom is -0.0654 e. The molecular weight excluding hydrogens is 456 g/mol. The van der Waals surface area contributed by atoms with Gasteiger partial charge in [-0.25, -0.2) is 0 Å². The van der Waals surface area contributed by atoms with Gasteiger partial charge >= 0.3 is 0 Å². The molecule has 38 heavy (non-hydrogen) atoms. The lowest BCUT2D eigenvalue weighted by Crippen LogP contribution is -1.89. The Hall–Kier alpha value is -2.86. The first-order valence-electron chi connectivity index (χ1n) is 15.6. The lowest BCUT2D eigenvalue weighted by molar-refractivity contribution is 0.607. The molecule has 0 bridgehead atoms. The van der Waals surface area contributed by atoms with E-state index < -0.39 is 0 Å². The Morgan fingerprint density at radius 1 is 0.395 bits per heavy atom. The SMILES string of the molecule is CCCCCCCCc1ccc2cc3cc4cc5c(CCCCCCCC)cccc5cc4cc3cc2c1. The maximum Gasteiger partial charge on any atom is -0.0146 e. The maximum absolute atomic E-state index is 2.45. The summed E-state index contributed by atoms with van der Waals surface area (Å²) in [6.45, 7) is 4.58. The van der Waals surface area contributed by atoms with Gasteiger partial charge in [0.15, 0.2) is 0 Å².